The molecule has 1 fully saturated rings. The minimum Gasteiger partial charge on any atom is -0.369 e. The number of hydrogen-bond acceptors (Lipinski definition) is 5. The van der Waals surface area contributed by atoms with Gasteiger partial charge in [0.1, 0.15) is 0 Å². The van der Waals surface area contributed by atoms with Crippen LogP contribution in [0.5, 0.6) is 0 Å². The summed E-state index contributed by atoms with van der Waals surface area (Å²) in [6.07, 6.45) is 4.31. The smallest absolute Gasteiger partial charge is 0.237 e. The molecule has 5 nitrogen and oxygen atoms in total. The topological polar surface area (TPSA) is 67.1 Å². The third-order valence-electron chi connectivity index (χ3n) is 3.15. The molecule has 5 heteroatoms. The van der Waals surface area contributed by atoms with Gasteiger partial charge < -0.3 is 4.90 Å². The molecule has 4 heterocycles. The number of hydrazine groups is 1. The molecule has 0 saturated carbocycles. The van der Waals surface area contributed by atoms with E-state index in [9.17, 15) is 0 Å². The summed E-state index contributed by atoms with van der Waals surface area (Å²) in [5, 5.41) is 0. The molecule has 3 N–H and O–H groups in total. The summed E-state index contributed by atoms with van der Waals surface area (Å²) < 4.78 is 0. The number of nitrogen functional groups attached to an aromatic ring is 1. The minimum absolute atomic E-state index is 0.525. The minimum atomic E-state index is 0.525. The highest BCUT2D eigenvalue weighted by molar-refractivity contribution is 5.56. The van der Waals surface area contributed by atoms with Gasteiger partial charge in [-0.1, -0.05) is 0 Å². The summed E-state index contributed by atoms with van der Waals surface area (Å²) in [7, 11) is 0. The Bertz CT molecular complexity index is 356. The van der Waals surface area contributed by atoms with Crippen LogP contribution in [0.1, 0.15) is 24.5 Å². The van der Waals surface area contributed by atoms with Crippen LogP contribution in [0.15, 0.2) is 6.20 Å². The Morgan fingerprint density at radius 2 is 2.21 bits per heavy atom. The Balaban J connectivity index is 2.11. The molecule has 0 aliphatic carbocycles. The maximum atomic E-state index is 5.29. The lowest BCUT2D eigenvalue weighted by atomic mass is 9.87. The van der Waals surface area contributed by atoms with Crippen molar-refractivity contribution in [1.29, 1.82) is 0 Å². The predicted molar refractivity (Wildman–Crippen MR) is 54.0 cm³/mol. The molecule has 3 aliphatic heterocycles. The molecule has 1 aromatic rings. The van der Waals surface area contributed by atoms with Gasteiger partial charge in [-0.3, -0.25) is 5.43 Å². The first-order chi connectivity index (χ1) is 6.88. The number of nitrogens with zero attached hydrogens (tertiary/aromatic N) is 3. The molecule has 4 rings (SSSR count). The monoisotopic (exact) mass is 191 g/mol. The molecule has 0 atom stereocenters. The van der Waals surface area contributed by atoms with Gasteiger partial charge in [0.25, 0.3) is 0 Å². The van der Waals surface area contributed by atoms with Gasteiger partial charge >= 0.3 is 0 Å². The maximum Gasteiger partial charge on any atom is 0.237 e. The number of fused-ring (bicyclic) bond motifs is 2. The van der Waals surface area contributed by atoms with Crippen LogP contribution in [-0.4, -0.2) is 23.1 Å². The van der Waals surface area contributed by atoms with Crippen LogP contribution in [0.4, 0.5) is 11.6 Å². The third-order valence-corrected chi connectivity index (χ3v) is 3.15. The van der Waals surface area contributed by atoms with Crippen LogP contribution in [0, 0.1) is 0 Å². The van der Waals surface area contributed by atoms with Gasteiger partial charge in [0, 0.05) is 19.0 Å². The molecule has 2 bridgehead atoms. The second-order valence-electron chi connectivity index (χ2n) is 3.87. The van der Waals surface area contributed by atoms with Crippen LogP contribution in [0.3, 0.4) is 0 Å². The Morgan fingerprint density at radius 3 is 2.93 bits per heavy atom. The number of piperidine rings is 1. The van der Waals surface area contributed by atoms with Crippen molar-refractivity contribution < 1.29 is 0 Å². The fraction of sp³-hybridized carbons (Fsp3) is 0.556. The van der Waals surface area contributed by atoms with Crippen LogP contribution >= 0.6 is 0 Å². The molecule has 14 heavy (non-hydrogen) atoms. The van der Waals surface area contributed by atoms with Gasteiger partial charge in [-0.25, -0.2) is 15.8 Å². The van der Waals surface area contributed by atoms with E-state index in [0.717, 1.165) is 13.1 Å². The summed E-state index contributed by atoms with van der Waals surface area (Å²) in [5.41, 5.74) is 4.87. The number of anilines is 2. The average Bonchev–Trinajstić information content (AvgIpc) is 2.30. The van der Waals surface area contributed by atoms with E-state index in [1.807, 2.05) is 6.20 Å². The second kappa shape index (κ2) is 2.81. The average molecular weight is 191 g/mol. The van der Waals surface area contributed by atoms with Gasteiger partial charge in [-0.05, 0) is 12.8 Å². The van der Waals surface area contributed by atoms with Crippen LogP contribution in [0.2, 0.25) is 0 Å². The number of nitrogens with one attached hydrogen (secondary N) is 1. The van der Waals surface area contributed by atoms with E-state index >= 15 is 0 Å². The first-order valence-corrected chi connectivity index (χ1v) is 4.97. The highest BCUT2D eigenvalue weighted by Gasteiger charge is 2.32. The zero-order valence-electron chi connectivity index (χ0n) is 7.90. The van der Waals surface area contributed by atoms with Crippen molar-refractivity contribution in [2.45, 2.75) is 18.8 Å². The first-order valence-electron chi connectivity index (χ1n) is 4.97. The molecule has 0 aromatic carbocycles. The quantitative estimate of drug-likeness (QED) is 0.498. The van der Waals surface area contributed by atoms with Crippen molar-refractivity contribution in [1.82, 2.24) is 9.97 Å². The predicted octanol–water partition coefficient (Wildman–Crippen LogP) is 0.460. The maximum absolute atomic E-state index is 5.29. The lowest BCUT2D eigenvalue weighted by molar-refractivity contribution is 0.462. The third kappa shape index (κ3) is 0.988. The number of aromatic nitrogens is 2. The van der Waals surface area contributed by atoms with Crippen molar-refractivity contribution >= 4 is 11.6 Å². The second-order valence-corrected chi connectivity index (χ2v) is 3.87. The zero-order valence-corrected chi connectivity index (χ0v) is 7.90. The Hall–Kier alpha value is -1.36. The van der Waals surface area contributed by atoms with Crippen LogP contribution < -0.4 is 16.2 Å². The van der Waals surface area contributed by atoms with E-state index in [1.165, 1.54) is 24.2 Å². The van der Waals surface area contributed by atoms with E-state index in [-0.39, 0.29) is 0 Å². The van der Waals surface area contributed by atoms with E-state index in [1.54, 1.807) is 0 Å². The molecular weight excluding hydrogens is 178 g/mol. The Kier molecular flexibility index (Phi) is 1.61. The van der Waals surface area contributed by atoms with Gasteiger partial charge in [-0.15, -0.1) is 0 Å². The highest BCUT2D eigenvalue weighted by atomic mass is 15.3. The fourth-order valence-corrected chi connectivity index (χ4v) is 2.40. The zero-order chi connectivity index (χ0) is 9.54. The lowest BCUT2D eigenvalue weighted by Crippen LogP contribution is -2.39. The van der Waals surface area contributed by atoms with Crippen LogP contribution in [0.25, 0.3) is 0 Å². The van der Waals surface area contributed by atoms with E-state index < -0.39 is 0 Å². The summed E-state index contributed by atoms with van der Waals surface area (Å²) in [6, 6.07) is 0. The summed E-state index contributed by atoms with van der Waals surface area (Å²) >= 11 is 0. The molecule has 1 aromatic heterocycles. The first kappa shape index (κ1) is 7.99. The highest BCUT2D eigenvalue weighted by Crippen LogP contribution is 2.40. The molecule has 0 spiro atoms. The van der Waals surface area contributed by atoms with Gasteiger partial charge in [0.2, 0.25) is 5.95 Å². The Morgan fingerprint density at radius 1 is 1.43 bits per heavy atom. The van der Waals surface area contributed by atoms with Gasteiger partial charge in [0.15, 0.2) is 0 Å². The number of hydrogen-bond donors (Lipinski definition) is 2. The normalized spacial score (nSPS) is 19.6. The van der Waals surface area contributed by atoms with Gasteiger partial charge in [-0.2, -0.15) is 0 Å². The van der Waals surface area contributed by atoms with Gasteiger partial charge in [0.05, 0.1) is 17.6 Å². The molecule has 74 valence electrons. The summed E-state index contributed by atoms with van der Waals surface area (Å²) in [4.78, 5) is 10.9. The largest absolute Gasteiger partial charge is 0.369 e. The Labute approximate surface area is 82.3 Å². The standard InChI is InChI=1S/C9H13N5/c10-13-9-11-5-7-8(12-9)6-1-3-14(7)4-2-6/h5-6H,1-4,10H2,(H,11,12,13). The number of nitrogens with two attached hydrogens (primary N) is 1. The van der Waals surface area contributed by atoms with Crippen LogP contribution in [-0.2, 0) is 0 Å². The molecule has 0 amide bonds. The van der Waals surface area contributed by atoms with Crippen molar-refractivity contribution in [3.63, 3.8) is 0 Å². The van der Waals surface area contributed by atoms with Crippen molar-refractivity contribution in [3.05, 3.63) is 11.9 Å². The molecular formula is C9H13N5. The summed E-state index contributed by atoms with van der Waals surface area (Å²) in [5.74, 6) is 6.43. The van der Waals surface area contributed by atoms with E-state index in [4.69, 9.17) is 5.84 Å². The lowest BCUT2D eigenvalue weighted by Gasteiger charge is -2.40. The molecule has 0 unspecified atom stereocenters. The van der Waals surface area contributed by atoms with E-state index in [2.05, 4.69) is 20.3 Å². The molecule has 0 radical (unpaired) electrons. The molecule has 3 aliphatic rings. The summed E-state index contributed by atoms with van der Waals surface area (Å²) in [6.45, 7) is 2.30. The van der Waals surface area contributed by atoms with Crippen molar-refractivity contribution in [2.24, 2.45) is 5.84 Å². The van der Waals surface area contributed by atoms with Crippen molar-refractivity contribution in [3.8, 4) is 0 Å². The fourth-order valence-electron chi connectivity index (χ4n) is 2.40. The van der Waals surface area contributed by atoms with E-state index in [0.29, 0.717) is 11.9 Å². The number of rotatable bonds is 1. The SMILES string of the molecule is NNc1ncc2c(n1)C1CCN2CC1. The molecule has 1 saturated heterocycles. The van der Waals surface area contributed by atoms with Crippen molar-refractivity contribution in [2.75, 3.05) is 23.4 Å².